The van der Waals surface area contributed by atoms with Crippen LogP contribution in [0.15, 0.2) is 30.5 Å². The summed E-state index contributed by atoms with van der Waals surface area (Å²) in [5.41, 5.74) is 5.19. The Bertz CT molecular complexity index is 840. The minimum Gasteiger partial charge on any atom is -0.352 e. The highest BCUT2D eigenvalue weighted by Gasteiger charge is 2.41. The topological polar surface area (TPSA) is 36.3 Å². The Morgan fingerprint density at radius 3 is 2.68 bits per heavy atom. The minimum atomic E-state index is 0.0845. The molecule has 5 nitrogen and oxygen atoms in total. The van der Waals surface area contributed by atoms with Gasteiger partial charge in [0.1, 0.15) is 0 Å². The van der Waals surface area contributed by atoms with Crippen LogP contribution in [0, 0.1) is 13.8 Å². The van der Waals surface area contributed by atoms with Crippen molar-refractivity contribution in [3.63, 3.8) is 0 Å². The molecule has 3 heterocycles. The molecule has 2 aliphatic rings. The Balaban J connectivity index is 1.70. The second kappa shape index (κ2) is 7.84. The van der Waals surface area contributed by atoms with Crippen molar-refractivity contribution in [2.24, 2.45) is 0 Å². The van der Waals surface area contributed by atoms with Crippen LogP contribution >= 0.6 is 12.2 Å². The molecule has 1 saturated heterocycles. The van der Waals surface area contributed by atoms with E-state index in [9.17, 15) is 0 Å². The van der Waals surface area contributed by atoms with Crippen LogP contribution in [0.3, 0.4) is 0 Å². The zero-order chi connectivity index (χ0) is 19.8. The zero-order valence-electron chi connectivity index (χ0n) is 17.4. The number of hydrogen-bond acceptors (Lipinski definition) is 3. The summed E-state index contributed by atoms with van der Waals surface area (Å²) in [6.45, 7) is 6.52. The van der Waals surface area contributed by atoms with Crippen LogP contribution < -0.4 is 5.32 Å². The predicted molar refractivity (Wildman–Crippen MR) is 118 cm³/mol. The fourth-order valence-corrected chi connectivity index (χ4v) is 4.87. The number of nitrogens with one attached hydrogen (secondary N) is 1. The summed E-state index contributed by atoms with van der Waals surface area (Å²) in [4.78, 5) is 9.28. The Morgan fingerprint density at radius 2 is 2.04 bits per heavy atom. The third-order valence-corrected chi connectivity index (χ3v) is 6.31. The molecule has 2 atom stereocenters. The van der Waals surface area contributed by atoms with Crippen LogP contribution in [0.4, 0.5) is 0 Å². The van der Waals surface area contributed by atoms with Crippen molar-refractivity contribution in [1.82, 2.24) is 24.7 Å². The molecule has 0 bridgehead atoms. The Kier molecular flexibility index (Phi) is 5.43. The quantitative estimate of drug-likeness (QED) is 0.720. The zero-order valence-corrected chi connectivity index (χ0v) is 18.2. The number of aryl methyl sites for hydroxylation is 1. The van der Waals surface area contributed by atoms with Gasteiger partial charge in [-0.25, -0.2) is 0 Å². The molecule has 2 aromatic rings. The predicted octanol–water partition coefficient (Wildman–Crippen LogP) is 3.76. The van der Waals surface area contributed by atoms with Crippen LogP contribution in [0.2, 0.25) is 0 Å². The molecule has 0 unspecified atom stereocenters. The maximum atomic E-state index is 5.79. The summed E-state index contributed by atoms with van der Waals surface area (Å²) in [5, 5.41) is 4.42. The first-order valence-corrected chi connectivity index (χ1v) is 10.7. The maximum Gasteiger partial charge on any atom is 0.170 e. The van der Waals surface area contributed by atoms with Gasteiger partial charge < -0.3 is 19.7 Å². The average molecular weight is 398 g/mol. The van der Waals surface area contributed by atoms with E-state index in [4.69, 9.17) is 12.2 Å². The molecule has 6 heteroatoms. The van der Waals surface area contributed by atoms with Gasteiger partial charge in [0.25, 0.3) is 0 Å². The van der Waals surface area contributed by atoms with Gasteiger partial charge in [0.15, 0.2) is 5.11 Å². The molecule has 150 valence electrons. The van der Waals surface area contributed by atoms with E-state index in [1.54, 1.807) is 0 Å². The van der Waals surface area contributed by atoms with Crippen molar-refractivity contribution >= 4 is 17.3 Å². The number of thiocarbonyl (C=S) groups is 1. The maximum absolute atomic E-state index is 5.79. The van der Waals surface area contributed by atoms with Gasteiger partial charge in [-0.3, -0.25) is 4.98 Å². The summed E-state index contributed by atoms with van der Waals surface area (Å²) < 4.78 is 2.53. The summed E-state index contributed by atoms with van der Waals surface area (Å²) in [7, 11) is 4.25. The Morgan fingerprint density at radius 1 is 1.25 bits per heavy atom. The number of rotatable bonds is 7. The molecule has 1 saturated carbocycles. The monoisotopic (exact) mass is 397 g/mol. The lowest BCUT2D eigenvalue weighted by Crippen LogP contribution is -2.32. The molecule has 0 spiro atoms. The van der Waals surface area contributed by atoms with Crippen LogP contribution in [0.25, 0.3) is 0 Å². The first-order valence-electron chi connectivity index (χ1n) is 10.3. The van der Waals surface area contributed by atoms with Gasteiger partial charge in [0.05, 0.1) is 17.8 Å². The third-order valence-electron chi connectivity index (χ3n) is 5.96. The molecule has 0 amide bonds. The van der Waals surface area contributed by atoms with Gasteiger partial charge in [-0.2, -0.15) is 0 Å². The average Bonchev–Trinajstić information content (AvgIpc) is 3.38. The van der Waals surface area contributed by atoms with Gasteiger partial charge in [0, 0.05) is 30.2 Å². The minimum absolute atomic E-state index is 0.0845. The smallest absolute Gasteiger partial charge is 0.170 e. The largest absolute Gasteiger partial charge is 0.352 e. The van der Waals surface area contributed by atoms with Crippen molar-refractivity contribution in [2.75, 3.05) is 27.2 Å². The molecule has 1 aliphatic heterocycles. The molecule has 28 heavy (non-hydrogen) atoms. The lowest BCUT2D eigenvalue weighted by molar-refractivity contribution is 0.292. The van der Waals surface area contributed by atoms with Gasteiger partial charge in [-0.1, -0.05) is 6.07 Å². The number of pyridine rings is 1. The third kappa shape index (κ3) is 3.67. The second-order valence-corrected chi connectivity index (χ2v) is 8.79. The molecule has 0 radical (unpaired) electrons. The summed E-state index contributed by atoms with van der Waals surface area (Å²) in [5.74, 6) is 0. The Hall–Kier alpha value is -1.92. The van der Waals surface area contributed by atoms with E-state index in [0.29, 0.717) is 6.04 Å². The van der Waals surface area contributed by atoms with E-state index >= 15 is 0 Å². The SMILES string of the molecule is Cc1cc([C@@H]2[C@H](c3ccccn3)NC(=S)N2CCCN(C)C)c(C)n1C1CC1. The highest BCUT2D eigenvalue weighted by Crippen LogP contribution is 2.44. The van der Waals surface area contributed by atoms with E-state index in [1.807, 2.05) is 12.3 Å². The molecule has 1 aliphatic carbocycles. The van der Waals surface area contributed by atoms with Crippen molar-refractivity contribution in [3.8, 4) is 0 Å². The van der Waals surface area contributed by atoms with E-state index in [-0.39, 0.29) is 12.1 Å². The van der Waals surface area contributed by atoms with Crippen LogP contribution in [0.1, 0.15) is 60.0 Å². The lowest BCUT2D eigenvalue weighted by Gasteiger charge is -2.28. The fourth-order valence-electron chi connectivity index (χ4n) is 4.54. The Labute approximate surface area is 173 Å². The van der Waals surface area contributed by atoms with Crippen LogP contribution in [-0.2, 0) is 0 Å². The highest BCUT2D eigenvalue weighted by atomic mass is 32.1. The molecule has 0 aromatic carbocycles. The van der Waals surface area contributed by atoms with Crippen molar-refractivity contribution in [1.29, 1.82) is 0 Å². The van der Waals surface area contributed by atoms with E-state index < -0.39 is 0 Å². The number of nitrogens with zero attached hydrogens (tertiary/aromatic N) is 4. The lowest BCUT2D eigenvalue weighted by atomic mass is 9.96. The number of aromatic nitrogens is 2. The van der Waals surface area contributed by atoms with E-state index in [0.717, 1.165) is 30.3 Å². The number of hydrogen-bond donors (Lipinski definition) is 1. The standard InChI is InChI=1S/C22H31N5S/c1-15-14-18(16(2)27(15)17-9-10-17)21-20(19-8-5-6-11-23-19)24-22(28)26(21)13-7-12-25(3)4/h5-6,8,11,14,17,20-21H,7,9-10,12-13H2,1-4H3,(H,24,28)/t20-,21+/m0/s1. The highest BCUT2D eigenvalue weighted by molar-refractivity contribution is 7.80. The molecule has 2 fully saturated rings. The fraction of sp³-hybridized carbons (Fsp3) is 0.545. The molecular weight excluding hydrogens is 366 g/mol. The molecular formula is C22H31N5S. The summed E-state index contributed by atoms with van der Waals surface area (Å²) in [6, 6.07) is 9.47. The summed E-state index contributed by atoms with van der Waals surface area (Å²) in [6.07, 6.45) is 5.56. The van der Waals surface area contributed by atoms with Gasteiger partial charge in [-0.05, 0) is 89.7 Å². The van der Waals surface area contributed by atoms with Gasteiger partial charge >= 0.3 is 0 Å². The van der Waals surface area contributed by atoms with Crippen molar-refractivity contribution in [2.45, 2.75) is 51.2 Å². The van der Waals surface area contributed by atoms with E-state index in [1.165, 1.54) is 29.8 Å². The first kappa shape index (κ1) is 19.4. The molecule has 1 N–H and O–H groups in total. The van der Waals surface area contributed by atoms with Crippen molar-refractivity contribution < 1.29 is 0 Å². The van der Waals surface area contributed by atoms with Gasteiger partial charge in [-0.15, -0.1) is 0 Å². The van der Waals surface area contributed by atoms with E-state index in [2.05, 4.69) is 70.8 Å². The molecule has 2 aromatic heterocycles. The second-order valence-electron chi connectivity index (χ2n) is 8.40. The van der Waals surface area contributed by atoms with Crippen LogP contribution in [-0.4, -0.2) is 51.6 Å². The van der Waals surface area contributed by atoms with Crippen LogP contribution in [0.5, 0.6) is 0 Å². The van der Waals surface area contributed by atoms with Gasteiger partial charge in [0.2, 0.25) is 0 Å². The molecule has 4 rings (SSSR count). The van der Waals surface area contributed by atoms with Crippen molar-refractivity contribution in [3.05, 3.63) is 53.1 Å². The summed E-state index contributed by atoms with van der Waals surface area (Å²) >= 11 is 5.79. The first-order chi connectivity index (χ1) is 13.5. The normalized spacial score (nSPS) is 22.2.